The van der Waals surface area contributed by atoms with Crippen molar-refractivity contribution in [1.82, 2.24) is 19.9 Å². The van der Waals surface area contributed by atoms with Gasteiger partial charge in [-0.1, -0.05) is 0 Å². The number of likely N-dealkylation sites (tertiary alicyclic amines) is 1. The van der Waals surface area contributed by atoms with Gasteiger partial charge < -0.3 is 15.0 Å². The van der Waals surface area contributed by atoms with E-state index in [0.29, 0.717) is 21.7 Å². The summed E-state index contributed by atoms with van der Waals surface area (Å²) in [4.78, 5) is 39.3. The van der Waals surface area contributed by atoms with Gasteiger partial charge in [0.05, 0.1) is 21.6 Å². The number of carboxylic acids is 1. The summed E-state index contributed by atoms with van der Waals surface area (Å²) in [5.41, 5.74) is 1.40. The lowest BCUT2D eigenvalue weighted by Gasteiger charge is -2.38. The van der Waals surface area contributed by atoms with Crippen LogP contribution in [0.5, 0.6) is 0 Å². The molecule has 2 unspecified atom stereocenters. The van der Waals surface area contributed by atoms with Crippen LogP contribution in [0.3, 0.4) is 0 Å². The minimum absolute atomic E-state index is 0.0489. The van der Waals surface area contributed by atoms with Gasteiger partial charge in [-0.2, -0.15) is 0 Å². The fourth-order valence-electron chi connectivity index (χ4n) is 3.71. The summed E-state index contributed by atoms with van der Waals surface area (Å²) in [6, 6.07) is 4.14. The lowest BCUT2D eigenvalue weighted by molar-refractivity contribution is 0.0515. The number of aromatic carboxylic acids is 1. The van der Waals surface area contributed by atoms with Crippen LogP contribution in [-0.4, -0.2) is 48.9 Å². The van der Waals surface area contributed by atoms with Crippen LogP contribution in [0.15, 0.2) is 24.5 Å². The number of hydrogen-bond donors (Lipinski definition) is 2. The van der Waals surface area contributed by atoms with Crippen molar-refractivity contribution in [2.24, 2.45) is 0 Å². The maximum absolute atomic E-state index is 13.0. The second kappa shape index (κ2) is 6.77. The Morgan fingerprint density at radius 3 is 2.70 bits per heavy atom. The molecular weight excluding hydrogens is 364 g/mol. The third kappa shape index (κ3) is 3.10. The molecular formula is C19H20N4O3S. The van der Waals surface area contributed by atoms with Gasteiger partial charge in [-0.3, -0.25) is 4.79 Å². The third-order valence-electron chi connectivity index (χ3n) is 5.11. The number of H-pyrrole nitrogens is 1. The van der Waals surface area contributed by atoms with Crippen LogP contribution < -0.4 is 0 Å². The number of thiophene rings is 1. The molecule has 1 aliphatic heterocycles. The Kier molecular flexibility index (Phi) is 4.43. The first-order valence-electron chi connectivity index (χ1n) is 8.96. The van der Waals surface area contributed by atoms with Crippen LogP contribution in [0.1, 0.15) is 53.1 Å². The lowest BCUT2D eigenvalue weighted by Crippen LogP contribution is -2.47. The molecule has 2 atom stereocenters. The molecule has 0 aromatic carbocycles. The Bertz CT molecular complexity index is 1020. The molecule has 0 aliphatic carbocycles. The van der Waals surface area contributed by atoms with E-state index in [1.165, 1.54) is 17.5 Å². The summed E-state index contributed by atoms with van der Waals surface area (Å²) < 4.78 is 0. The van der Waals surface area contributed by atoms with Crippen molar-refractivity contribution in [3.8, 4) is 10.6 Å². The van der Waals surface area contributed by atoms with Crippen molar-refractivity contribution in [2.45, 2.75) is 45.2 Å². The molecule has 0 spiro atoms. The minimum atomic E-state index is -1.05. The summed E-state index contributed by atoms with van der Waals surface area (Å²) in [7, 11) is 0. The van der Waals surface area contributed by atoms with E-state index < -0.39 is 5.97 Å². The average Bonchev–Trinajstić information content (AvgIpc) is 3.28. The highest BCUT2D eigenvalue weighted by Crippen LogP contribution is 2.31. The number of amides is 1. The summed E-state index contributed by atoms with van der Waals surface area (Å²) in [5.74, 6) is -1.00. The molecule has 0 bridgehead atoms. The number of aromatic amines is 1. The van der Waals surface area contributed by atoms with Crippen molar-refractivity contribution < 1.29 is 14.7 Å². The molecule has 27 heavy (non-hydrogen) atoms. The predicted molar refractivity (Wildman–Crippen MR) is 103 cm³/mol. The van der Waals surface area contributed by atoms with Crippen molar-refractivity contribution in [2.75, 3.05) is 0 Å². The summed E-state index contributed by atoms with van der Waals surface area (Å²) in [6.07, 6.45) is 6.19. The van der Waals surface area contributed by atoms with Gasteiger partial charge >= 0.3 is 5.97 Å². The third-order valence-corrected chi connectivity index (χ3v) is 6.20. The lowest BCUT2D eigenvalue weighted by atomic mass is 9.97. The van der Waals surface area contributed by atoms with Crippen LogP contribution >= 0.6 is 11.3 Å². The first-order chi connectivity index (χ1) is 13.0. The van der Waals surface area contributed by atoms with Gasteiger partial charge in [0.15, 0.2) is 5.65 Å². The molecule has 4 rings (SSSR count). The van der Waals surface area contributed by atoms with Gasteiger partial charge in [-0.05, 0) is 45.2 Å². The molecule has 8 heteroatoms. The average molecular weight is 384 g/mol. The maximum Gasteiger partial charge on any atom is 0.339 e. The van der Waals surface area contributed by atoms with Crippen LogP contribution in [0.25, 0.3) is 21.7 Å². The highest BCUT2D eigenvalue weighted by Gasteiger charge is 2.30. The first-order valence-corrected chi connectivity index (χ1v) is 9.77. The molecule has 1 aliphatic rings. The van der Waals surface area contributed by atoms with Crippen molar-refractivity contribution >= 4 is 34.4 Å². The Morgan fingerprint density at radius 1 is 1.26 bits per heavy atom. The summed E-state index contributed by atoms with van der Waals surface area (Å²) >= 11 is 1.37. The van der Waals surface area contributed by atoms with Crippen LogP contribution in [0, 0.1) is 0 Å². The number of hydrogen-bond acceptors (Lipinski definition) is 5. The number of carbonyl (C=O) groups is 2. The van der Waals surface area contributed by atoms with Gasteiger partial charge in [0, 0.05) is 18.3 Å². The predicted octanol–water partition coefficient (Wildman–Crippen LogP) is 3.79. The molecule has 4 heterocycles. The summed E-state index contributed by atoms with van der Waals surface area (Å²) in [6.45, 7) is 4.20. The molecule has 0 radical (unpaired) electrons. The second-order valence-corrected chi connectivity index (χ2v) is 8.05. The Balaban J connectivity index is 1.66. The number of rotatable bonds is 3. The smallest absolute Gasteiger partial charge is 0.339 e. The molecule has 7 nitrogen and oxygen atoms in total. The number of fused-ring (bicyclic) bond motifs is 1. The van der Waals surface area contributed by atoms with E-state index in [0.717, 1.165) is 24.1 Å². The molecule has 1 fully saturated rings. The zero-order valence-electron chi connectivity index (χ0n) is 15.1. The van der Waals surface area contributed by atoms with Crippen molar-refractivity contribution in [3.63, 3.8) is 0 Å². The molecule has 1 amide bonds. The van der Waals surface area contributed by atoms with Gasteiger partial charge in [0.1, 0.15) is 11.1 Å². The van der Waals surface area contributed by atoms with Crippen LogP contribution in [0.2, 0.25) is 0 Å². The maximum atomic E-state index is 13.0. The van der Waals surface area contributed by atoms with Crippen molar-refractivity contribution in [1.29, 1.82) is 0 Å². The molecule has 1 saturated heterocycles. The van der Waals surface area contributed by atoms with Crippen LogP contribution in [-0.2, 0) is 0 Å². The highest BCUT2D eigenvalue weighted by atomic mass is 32.1. The molecule has 2 N–H and O–H groups in total. The Morgan fingerprint density at radius 2 is 2.00 bits per heavy atom. The molecule has 140 valence electrons. The number of nitrogens with one attached hydrogen (secondary N) is 1. The number of aromatic nitrogens is 3. The van der Waals surface area contributed by atoms with Gasteiger partial charge in [0.2, 0.25) is 0 Å². The van der Waals surface area contributed by atoms with Gasteiger partial charge in [-0.15, -0.1) is 11.3 Å². The standard InChI is InChI=1S/C19H20N4O3S/c1-10-4-3-5-11(2)23(10)18(24)15-7-6-14(27-15)13-9-21-17-16(22-13)12(8-20-17)19(25)26/h6-11H,3-5H2,1-2H3,(H,20,21)(H,25,26). The van der Waals surface area contributed by atoms with Crippen molar-refractivity contribution in [3.05, 3.63) is 35.0 Å². The number of carboxylic acid groups (broad SMARTS) is 1. The fourth-order valence-corrected chi connectivity index (χ4v) is 4.62. The summed E-state index contributed by atoms with van der Waals surface area (Å²) in [5, 5.41) is 9.27. The zero-order chi connectivity index (χ0) is 19.1. The topological polar surface area (TPSA) is 99.2 Å². The molecule has 3 aromatic rings. The molecule has 3 aromatic heterocycles. The number of carbonyl (C=O) groups excluding carboxylic acids is 1. The van der Waals surface area contributed by atoms with E-state index in [1.54, 1.807) is 6.20 Å². The van der Waals surface area contributed by atoms with E-state index in [2.05, 4.69) is 28.8 Å². The van der Waals surface area contributed by atoms with E-state index in [9.17, 15) is 14.7 Å². The van der Waals surface area contributed by atoms with E-state index in [4.69, 9.17) is 0 Å². The van der Waals surface area contributed by atoms with Gasteiger partial charge in [0.25, 0.3) is 5.91 Å². The SMILES string of the molecule is CC1CCCC(C)N1C(=O)c1ccc(-c2cnc3[nH]cc(C(=O)O)c3n2)s1. The first kappa shape index (κ1) is 17.7. The normalized spacial score (nSPS) is 20.1. The minimum Gasteiger partial charge on any atom is -0.478 e. The monoisotopic (exact) mass is 384 g/mol. The number of nitrogens with zero attached hydrogens (tertiary/aromatic N) is 3. The second-order valence-electron chi connectivity index (χ2n) is 6.97. The Labute approximate surface area is 160 Å². The molecule has 0 saturated carbocycles. The van der Waals surface area contributed by atoms with Gasteiger partial charge in [-0.25, -0.2) is 14.8 Å². The largest absolute Gasteiger partial charge is 0.478 e. The van der Waals surface area contributed by atoms with E-state index >= 15 is 0 Å². The quantitative estimate of drug-likeness (QED) is 0.716. The number of piperidine rings is 1. The van der Waals surface area contributed by atoms with Crippen LogP contribution in [0.4, 0.5) is 0 Å². The van der Waals surface area contributed by atoms with E-state index in [1.807, 2.05) is 17.0 Å². The van der Waals surface area contributed by atoms with E-state index in [-0.39, 0.29) is 23.6 Å². The fraction of sp³-hybridized carbons (Fsp3) is 0.368. The highest BCUT2D eigenvalue weighted by molar-refractivity contribution is 7.17. The Hall–Kier alpha value is -2.74. The zero-order valence-corrected chi connectivity index (χ0v) is 15.9.